The second-order valence-electron chi connectivity index (χ2n) is 30.3. The van der Waals surface area contributed by atoms with Crippen molar-refractivity contribution in [1.29, 1.82) is 0 Å². The van der Waals surface area contributed by atoms with E-state index in [0.717, 1.165) is 44.7 Å². The van der Waals surface area contributed by atoms with Crippen molar-refractivity contribution in [3.63, 3.8) is 0 Å². The number of nitrogens with zero attached hydrogens (tertiary/aromatic N) is 3. The highest BCUT2D eigenvalue weighted by atomic mass is 35.5. The first-order valence-corrected chi connectivity index (χ1v) is 42.5. The predicted molar refractivity (Wildman–Crippen MR) is 482 cm³/mol. The third-order valence-electron chi connectivity index (χ3n) is 16.4. The highest BCUT2D eigenvalue weighted by Crippen LogP contribution is 2.37. The molecule has 0 aliphatic rings. The minimum Gasteiger partial charge on any atom is -0.495 e. The summed E-state index contributed by atoms with van der Waals surface area (Å²) in [7, 11) is 1.62. The summed E-state index contributed by atoms with van der Waals surface area (Å²) in [6, 6.07) is 36.8. The van der Waals surface area contributed by atoms with Crippen molar-refractivity contribution in [3.8, 4) is 34.9 Å². The number of ether oxygens (including phenoxy) is 6. The van der Waals surface area contributed by atoms with E-state index in [0.29, 0.717) is 71.2 Å². The Morgan fingerprint density at radius 2 is 0.626 bits per heavy atom. The van der Waals surface area contributed by atoms with E-state index in [-0.39, 0.29) is 73.1 Å². The average Bonchev–Trinajstić information content (AvgIpc) is 0.854. The van der Waals surface area contributed by atoms with Crippen LogP contribution < -0.4 is 28.4 Å². The molecule has 123 heavy (non-hydrogen) atoms. The highest BCUT2D eigenvalue weighted by Gasteiger charge is 2.42. The number of alkyl halides is 13. The second kappa shape index (κ2) is 54.9. The number of methoxy groups -OCH3 is 1. The molecule has 0 aliphatic heterocycles. The number of pyridine rings is 3. The van der Waals surface area contributed by atoms with E-state index < -0.39 is 44.5 Å². The largest absolute Gasteiger partial charge is 0.573 e. The number of halogens is 24. The Bertz CT molecular complexity index is 4570. The number of aromatic nitrogens is 3. The molecule has 0 aliphatic carbocycles. The first kappa shape index (κ1) is 115. The molecule has 0 bridgehead atoms. The van der Waals surface area contributed by atoms with Gasteiger partial charge in [0.05, 0.1) is 33.3 Å². The van der Waals surface area contributed by atoms with E-state index in [4.69, 9.17) is 137 Å². The first-order valence-electron chi connectivity index (χ1n) is 38.3. The van der Waals surface area contributed by atoms with Crippen LogP contribution in [-0.4, -0.2) is 72.6 Å². The molecule has 9 aromatic rings. The van der Waals surface area contributed by atoms with E-state index in [2.05, 4.69) is 115 Å². The fourth-order valence-electron chi connectivity index (χ4n) is 9.21. The quantitative estimate of drug-likeness (QED) is 0.0692. The van der Waals surface area contributed by atoms with E-state index in [1.807, 2.05) is 143 Å². The maximum Gasteiger partial charge on any atom is 0.573 e. The zero-order valence-corrected chi connectivity index (χ0v) is 80.3. The zero-order chi connectivity index (χ0) is 94.7. The van der Waals surface area contributed by atoms with Crippen molar-refractivity contribution in [2.24, 2.45) is 0 Å². The maximum absolute atomic E-state index is 12.6. The number of benzene rings is 6. The number of aryl methyl sites for hydroxylation is 1. The Labute approximate surface area is 770 Å². The maximum atomic E-state index is 12.6. The Morgan fingerprint density at radius 1 is 0.309 bits per heavy atom. The first-order chi connectivity index (χ1) is 56.6. The van der Waals surface area contributed by atoms with E-state index in [1.54, 1.807) is 31.4 Å². The van der Waals surface area contributed by atoms with Crippen molar-refractivity contribution in [1.82, 2.24) is 15.0 Å². The van der Waals surface area contributed by atoms with Crippen LogP contribution in [0.2, 0.25) is 55.2 Å². The van der Waals surface area contributed by atoms with Gasteiger partial charge in [-0.2, -0.15) is 22.0 Å². The van der Waals surface area contributed by atoms with Gasteiger partial charge in [0.25, 0.3) is 0 Å². The van der Waals surface area contributed by atoms with Crippen LogP contribution in [0.3, 0.4) is 0 Å². The highest BCUT2D eigenvalue weighted by molar-refractivity contribution is 6.42. The van der Waals surface area contributed by atoms with Gasteiger partial charge >= 0.3 is 31.2 Å². The van der Waals surface area contributed by atoms with Gasteiger partial charge in [-0.05, 0) is 227 Å². The summed E-state index contributed by atoms with van der Waals surface area (Å²) in [5.41, 5.74) is 10.5. The van der Waals surface area contributed by atoms with Crippen molar-refractivity contribution in [2.45, 2.75) is 236 Å². The molecule has 6 aromatic carbocycles. The lowest BCUT2D eigenvalue weighted by atomic mass is 10.0. The number of hydrogen-bond acceptors (Lipinski definition) is 9. The van der Waals surface area contributed by atoms with Gasteiger partial charge in [-0.15, -0.1) is 26.3 Å². The molecule has 0 fully saturated rings. The van der Waals surface area contributed by atoms with E-state index in [1.165, 1.54) is 58.9 Å². The molecule has 0 saturated carbocycles. The van der Waals surface area contributed by atoms with Crippen molar-refractivity contribution in [2.75, 3.05) is 20.3 Å². The van der Waals surface area contributed by atoms with Crippen LogP contribution in [0.5, 0.6) is 34.9 Å². The third kappa shape index (κ3) is 46.9. The van der Waals surface area contributed by atoms with Gasteiger partial charge < -0.3 is 28.4 Å². The number of rotatable bonds is 20. The van der Waals surface area contributed by atoms with Crippen LogP contribution in [0.1, 0.15) is 247 Å². The molecule has 33 heteroatoms. The molecule has 3 heterocycles. The Hall–Kier alpha value is -6.15. The lowest BCUT2D eigenvalue weighted by molar-refractivity contribution is -0.275. The fourth-order valence-corrected chi connectivity index (χ4v) is 11.6. The van der Waals surface area contributed by atoms with Crippen LogP contribution in [0, 0.1) is 6.92 Å². The van der Waals surface area contributed by atoms with Crippen LogP contribution in [0.15, 0.2) is 146 Å². The minimum absolute atomic E-state index is 0.0197. The third-order valence-corrected chi connectivity index (χ3v) is 19.6. The molecule has 9 rings (SSSR count). The smallest absolute Gasteiger partial charge is 0.495 e. The summed E-state index contributed by atoms with van der Waals surface area (Å²) in [6.07, 6.45) is -12.8. The molecule has 0 N–H and O–H groups in total. The van der Waals surface area contributed by atoms with Gasteiger partial charge in [-0.25, -0.2) is 23.7 Å². The van der Waals surface area contributed by atoms with Crippen LogP contribution >= 0.6 is 128 Å². The summed E-state index contributed by atoms with van der Waals surface area (Å²) < 4.78 is 183. The summed E-state index contributed by atoms with van der Waals surface area (Å²) in [4.78, 5) is 11.7. The Morgan fingerprint density at radius 3 is 0.943 bits per heavy atom. The lowest BCUT2D eigenvalue weighted by Crippen LogP contribution is -2.34. The van der Waals surface area contributed by atoms with Gasteiger partial charge in [0.15, 0.2) is 13.2 Å². The van der Waals surface area contributed by atoms with Gasteiger partial charge in [0.2, 0.25) is 17.6 Å². The van der Waals surface area contributed by atoms with E-state index in [9.17, 15) is 57.1 Å². The molecule has 0 spiro atoms. The second-order valence-corrected chi connectivity index (χ2v) is 34.8. The fraction of sp³-hybridized carbons (Fsp3) is 0.433. The molecule has 0 radical (unpaired) electrons. The summed E-state index contributed by atoms with van der Waals surface area (Å²) >= 11 is 63.9. The average molecular weight is 1960 g/mol. The van der Waals surface area contributed by atoms with E-state index >= 15 is 0 Å². The lowest BCUT2D eigenvalue weighted by Gasteiger charge is -2.16. The van der Waals surface area contributed by atoms with Gasteiger partial charge in [-0.3, -0.25) is 0 Å². The minimum atomic E-state index is -4.71. The van der Waals surface area contributed by atoms with Gasteiger partial charge in [0, 0.05) is 38.7 Å². The molecule has 684 valence electrons. The molecule has 0 unspecified atom stereocenters. The van der Waals surface area contributed by atoms with Crippen LogP contribution in [0.4, 0.5) is 57.1 Å². The van der Waals surface area contributed by atoms with Crippen LogP contribution in [0.25, 0.3) is 0 Å². The Balaban J connectivity index is 0.000000695. The standard InChI is InChI=1S/C11H12ClF4NO.C11H16ClNO.C10H11ClF3NO.2C10H10ClF3O.C10H13ClO.C10H13Cl.2C9H10Cl2/c1-6(2)7-3-8(12)9(17-4-7)18-5-11(15,16)10(13)14;1-7(2)9-5-10(12)11(13-6-9)14-8(3)4;1-6(2)7-3-8(11)9(15-4-7)16-5-10(12,13)14;1-6(2)7-3-8(11)5-9(4-7)15-10(12,13)14;1-6(2)7-3-4-9(8(11)5-7)15-10(12,13)14;1-7(2)8-4-5-10(12-3)9(11)6-8;1-7(2)9-4-5-10(11)8(3)6-9;1-6(2)7-3-8(10)5-9(11)4-7;1-6(2)7-3-4-8(10)9(11)5-7/h3-4,6,10H,5H2,1-2H3;5-8H,1-4H3;3-4,6H,5H2,1-2H3;2*3-6H,1-2H3;4-7H,1-3H3;4-7H,1-3H3;2*3-6H,1-2H3. The molecule has 3 aromatic heterocycles. The van der Waals surface area contributed by atoms with Crippen molar-refractivity contribution >= 4 is 128 Å². The molecular formula is C90H105Cl11F13N3O6. The summed E-state index contributed by atoms with van der Waals surface area (Å²) in [5, 5.41) is 5.13. The Kier molecular flexibility index (Phi) is 51.3. The van der Waals surface area contributed by atoms with Gasteiger partial charge in [0.1, 0.15) is 32.3 Å². The summed E-state index contributed by atoms with van der Waals surface area (Å²) in [5.74, 6) is -0.885. The zero-order valence-electron chi connectivity index (χ0n) is 72.0. The summed E-state index contributed by atoms with van der Waals surface area (Å²) in [6.45, 7) is 39.7. The van der Waals surface area contributed by atoms with Crippen LogP contribution in [-0.2, 0) is 0 Å². The normalized spacial score (nSPS) is 11.4. The topological polar surface area (TPSA) is 94.1 Å². The monoisotopic (exact) mass is 1960 g/mol. The van der Waals surface area contributed by atoms with Crippen molar-refractivity contribution < 1.29 is 85.5 Å². The number of hydrogen-bond donors (Lipinski definition) is 0. The predicted octanol–water partition coefficient (Wildman–Crippen LogP) is 35.8. The SMILES string of the molecule is CC(C)Oc1ncc(C(C)C)cc1Cl.CC(C)c1cc(Cl)cc(Cl)c1.CC(C)c1cc(Cl)cc(OC(F)(F)F)c1.CC(C)c1ccc(Cl)c(Cl)c1.CC(C)c1ccc(OC(F)(F)F)c(Cl)c1.CC(C)c1cnc(OCC(F)(F)C(F)F)c(Cl)c1.CC(C)c1cnc(OCC(F)(F)F)c(Cl)c1.COc1ccc(C(C)C)cc1Cl.Cc1cc(C(C)C)ccc1Cl. The van der Waals surface area contributed by atoms with Crippen molar-refractivity contribution in [3.05, 3.63) is 257 Å². The van der Waals surface area contributed by atoms with Gasteiger partial charge in [-0.1, -0.05) is 283 Å². The molecule has 9 nitrogen and oxygen atoms in total. The molecule has 0 atom stereocenters. The molecule has 0 saturated heterocycles. The molecular weight excluding hydrogens is 1860 g/mol. The molecule has 0 amide bonds.